The number of nitrogens with one attached hydrogen (secondary N) is 1. The van der Waals surface area contributed by atoms with Crippen molar-refractivity contribution in [3.05, 3.63) is 39.9 Å². The average molecular weight is 265 g/mol. The highest BCUT2D eigenvalue weighted by Crippen LogP contribution is 2.11. The van der Waals surface area contributed by atoms with E-state index in [1.54, 1.807) is 0 Å². The number of non-ortho nitro benzene ring substituents is 1. The average Bonchev–Trinajstić information content (AvgIpc) is 2.37. The quantitative estimate of drug-likeness (QED) is 0.462. The van der Waals surface area contributed by atoms with Gasteiger partial charge in [-0.3, -0.25) is 14.9 Å². The van der Waals surface area contributed by atoms with Gasteiger partial charge >= 0.3 is 0 Å². The van der Waals surface area contributed by atoms with Gasteiger partial charge in [-0.2, -0.15) is 0 Å². The summed E-state index contributed by atoms with van der Waals surface area (Å²) in [7, 11) is 4.02. The summed E-state index contributed by atoms with van der Waals surface area (Å²) in [6.07, 6.45) is 1.93. The Labute approximate surface area is 112 Å². The predicted octanol–water partition coefficient (Wildman–Crippen LogP) is 1.67. The molecule has 0 aliphatic carbocycles. The lowest BCUT2D eigenvalue weighted by Gasteiger charge is -2.09. The van der Waals surface area contributed by atoms with Gasteiger partial charge in [0.2, 0.25) is 0 Å². The molecule has 1 amide bonds. The van der Waals surface area contributed by atoms with E-state index in [1.165, 1.54) is 24.3 Å². The van der Waals surface area contributed by atoms with E-state index in [9.17, 15) is 14.9 Å². The summed E-state index contributed by atoms with van der Waals surface area (Å²) >= 11 is 0. The molecule has 104 valence electrons. The van der Waals surface area contributed by atoms with Crippen LogP contribution in [0.3, 0.4) is 0 Å². The molecule has 0 aliphatic heterocycles. The van der Waals surface area contributed by atoms with Gasteiger partial charge in [0.15, 0.2) is 0 Å². The van der Waals surface area contributed by atoms with E-state index in [0.29, 0.717) is 12.1 Å². The van der Waals surface area contributed by atoms with Gasteiger partial charge in [-0.05, 0) is 45.6 Å². The Morgan fingerprint density at radius 3 is 2.42 bits per heavy atom. The largest absolute Gasteiger partial charge is 0.352 e. The van der Waals surface area contributed by atoms with Gasteiger partial charge in [-0.1, -0.05) is 0 Å². The first-order valence-corrected chi connectivity index (χ1v) is 6.18. The van der Waals surface area contributed by atoms with Crippen LogP contribution in [0.2, 0.25) is 0 Å². The Kier molecular flexibility index (Phi) is 5.95. The van der Waals surface area contributed by atoms with Crippen molar-refractivity contribution in [2.24, 2.45) is 0 Å². The van der Waals surface area contributed by atoms with Gasteiger partial charge in [0.1, 0.15) is 0 Å². The molecule has 6 heteroatoms. The molecule has 0 heterocycles. The first kappa shape index (κ1) is 15.1. The third kappa shape index (κ3) is 5.48. The van der Waals surface area contributed by atoms with Crippen molar-refractivity contribution < 1.29 is 9.72 Å². The van der Waals surface area contributed by atoms with Gasteiger partial charge in [-0.25, -0.2) is 0 Å². The molecule has 0 aliphatic rings. The minimum atomic E-state index is -0.483. The number of nitrogens with zero attached hydrogens (tertiary/aromatic N) is 2. The fourth-order valence-electron chi connectivity index (χ4n) is 1.59. The fraction of sp³-hybridized carbons (Fsp3) is 0.462. The van der Waals surface area contributed by atoms with E-state index < -0.39 is 4.92 Å². The molecule has 1 rings (SSSR count). The second-order valence-electron chi connectivity index (χ2n) is 4.57. The fourth-order valence-corrected chi connectivity index (χ4v) is 1.59. The van der Waals surface area contributed by atoms with Crippen LogP contribution in [0.4, 0.5) is 5.69 Å². The lowest BCUT2D eigenvalue weighted by atomic mass is 10.2. The Hall–Kier alpha value is -1.95. The van der Waals surface area contributed by atoms with Crippen molar-refractivity contribution in [2.45, 2.75) is 12.8 Å². The van der Waals surface area contributed by atoms with Crippen molar-refractivity contribution in [3.63, 3.8) is 0 Å². The summed E-state index contributed by atoms with van der Waals surface area (Å²) in [6, 6.07) is 5.60. The van der Waals surface area contributed by atoms with Crippen LogP contribution in [0, 0.1) is 10.1 Å². The van der Waals surface area contributed by atoms with E-state index in [-0.39, 0.29) is 11.6 Å². The number of hydrogen-bond donors (Lipinski definition) is 1. The Balaban J connectivity index is 2.35. The topological polar surface area (TPSA) is 75.5 Å². The summed E-state index contributed by atoms with van der Waals surface area (Å²) in [4.78, 5) is 23.8. The number of rotatable bonds is 7. The van der Waals surface area contributed by atoms with Crippen LogP contribution in [0.5, 0.6) is 0 Å². The van der Waals surface area contributed by atoms with Crippen LogP contribution in [-0.4, -0.2) is 42.9 Å². The highest BCUT2D eigenvalue weighted by atomic mass is 16.6. The van der Waals surface area contributed by atoms with E-state index in [1.807, 2.05) is 14.1 Å². The normalized spacial score (nSPS) is 10.5. The number of carbonyl (C=O) groups is 1. The lowest BCUT2D eigenvalue weighted by molar-refractivity contribution is -0.384. The first-order chi connectivity index (χ1) is 9.00. The van der Waals surface area contributed by atoms with Crippen molar-refractivity contribution in [2.75, 3.05) is 27.2 Å². The van der Waals surface area contributed by atoms with E-state index in [4.69, 9.17) is 0 Å². The third-order valence-corrected chi connectivity index (χ3v) is 2.66. The van der Waals surface area contributed by atoms with Crippen molar-refractivity contribution in [3.8, 4) is 0 Å². The molecule has 0 radical (unpaired) electrons. The van der Waals surface area contributed by atoms with Crippen molar-refractivity contribution in [1.82, 2.24) is 10.2 Å². The minimum absolute atomic E-state index is 0.0115. The number of nitro benzene ring substituents is 1. The molecule has 0 fully saturated rings. The van der Waals surface area contributed by atoms with Crippen LogP contribution in [0.1, 0.15) is 23.2 Å². The standard InChI is InChI=1S/C13H19N3O3/c1-15(2)10-4-3-9-14-13(17)11-5-7-12(8-6-11)16(18)19/h5-8H,3-4,9-10H2,1-2H3,(H,14,17). The van der Waals surface area contributed by atoms with Gasteiger partial charge < -0.3 is 10.2 Å². The summed E-state index contributed by atoms with van der Waals surface area (Å²) in [6.45, 7) is 1.61. The maximum Gasteiger partial charge on any atom is 0.269 e. The third-order valence-electron chi connectivity index (χ3n) is 2.66. The second kappa shape index (κ2) is 7.48. The molecule has 19 heavy (non-hydrogen) atoms. The van der Waals surface area contributed by atoms with E-state index in [0.717, 1.165) is 19.4 Å². The summed E-state index contributed by atoms with van der Waals surface area (Å²) in [5, 5.41) is 13.3. The maximum absolute atomic E-state index is 11.7. The highest BCUT2D eigenvalue weighted by Gasteiger charge is 2.08. The Morgan fingerprint density at radius 1 is 1.26 bits per heavy atom. The zero-order valence-electron chi connectivity index (χ0n) is 11.3. The molecule has 0 bridgehead atoms. The van der Waals surface area contributed by atoms with Crippen LogP contribution in [0.25, 0.3) is 0 Å². The summed E-state index contributed by atoms with van der Waals surface area (Å²) < 4.78 is 0. The van der Waals surface area contributed by atoms with Crippen LogP contribution in [-0.2, 0) is 0 Å². The molecular formula is C13H19N3O3. The number of benzene rings is 1. The predicted molar refractivity (Wildman–Crippen MR) is 73.2 cm³/mol. The lowest BCUT2D eigenvalue weighted by Crippen LogP contribution is -2.25. The highest BCUT2D eigenvalue weighted by molar-refractivity contribution is 5.94. The molecule has 0 saturated carbocycles. The van der Waals surface area contributed by atoms with Crippen molar-refractivity contribution in [1.29, 1.82) is 0 Å². The molecule has 0 atom stereocenters. The van der Waals surface area contributed by atoms with E-state index in [2.05, 4.69) is 10.2 Å². The number of unbranched alkanes of at least 4 members (excludes halogenated alkanes) is 1. The van der Waals surface area contributed by atoms with Crippen LogP contribution in [0.15, 0.2) is 24.3 Å². The number of amides is 1. The first-order valence-electron chi connectivity index (χ1n) is 6.18. The number of nitro groups is 1. The molecule has 0 aromatic heterocycles. The van der Waals surface area contributed by atoms with Crippen LogP contribution < -0.4 is 5.32 Å². The SMILES string of the molecule is CN(C)CCCCNC(=O)c1ccc([N+](=O)[O-])cc1. The van der Waals surface area contributed by atoms with Gasteiger partial charge in [-0.15, -0.1) is 0 Å². The Morgan fingerprint density at radius 2 is 1.89 bits per heavy atom. The minimum Gasteiger partial charge on any atom is -0.352 e. The van der Waals surface area contributed by atoms with Gasteiger partial charge in [0.25, 0.3) is 11.6 Å². The molecule has 1 aromatic rings. The molecule has 0 saturated heterocycles. The molecule has 1 N–H and O–H groups in total. The number of hydrogen-bond acceptors (Lipinski definition) is 4. The second-order valence-corrected chi connectivity index (χ2v) is 4.57. The van der Waals surface area contributed by atoms with E-state index >= 15 is 0 Å². The number of carbonyl (C=O) groups excluding carboxylic acids is 1. The Bertz CT molecular complexity index is 429. The van der Waals surface area contributed by atoms with Gasteiger partial charge in [0.05, 0.1) is 4.92 Å². The summed E-state index contributed by atoms with van der Waals surface area (Å²) in [5.74, 6) is -0.195. The molecular weight excluding hydrogens is 246 g/mol. The monoisotopic (exact) mass is 265 g/mol. The van der Waals surface area contributed by atoms with Gasteiger partial charge in [0, 0.05) is 24.2 Å². The zero-order chi connectivity index (χ0) is 14.3. The molecule has 0 spiro atoms. The maximum atomic E-state index is 11.7. The zero-order valence-corrected chi connectivity index (χ0v) is 11.3. The van der Waals surface area contributed by atoms with Crippen molar-refractivity contribution >= 4 is 11.6 Å². The molecule has 1 aromatic carbocycles. The molecule has 0 unspecified atom stereocenters. The molecule has 6 nitrogen and oxygen atoms in total. The summed E-state index contributed by atoms with van der Waals surface area (Å²) in [5.41, 5.74) is 0.431. The van der Waals surface area contributed by atoms with Crippen LogP contribution >= 0.6 is 0 Å². The smallest absolute Gasteiger partial charge is 0.269 e.